The summed E-state index contributed by atoms with van der Waals surface area (Å²) in [6.07, 6.45) is 0. The summed E-state index contributed by atoms with van der Waals surface area (Å²) in [5.74, 6) is -0.326. The van der Waals surface area contributed by atoms with Gasteiger partial charge in [-0.2, -0.15) is 0 Å². The summed E-state index contributed by atoms with van der Waals surface area (Å²) in [7, 11) is -3.52. The van der Waals surface area contributed by atoms with Crippen LogP contribution in [0, 0.1) is 5.82 Å². The van der Waals surface area contributed by atoms with Crippen LogP contribution in [0.25, 0.3) is 0 Å². The largest absolute Gasteiger partial charge is 0.250 e. The molecule has 0 atom stereocenters. The molecule has 0 aliphatic carbocycles. The second-order valence-corrected chi connectivity index (χ2v) is 8.06. The second-order valence-electron chi connectivity index (χ2n) is 5.12. The van der Waals surface area contributed by atoms with Gasteiger partial charge >= 0.3 is 0 Å². The molecule has 1 heterocycles. The van der Waals surface area contributed by atoms with Crippen molar-refractivity contribution in [3.8, 4) is 0 Å². The molecule has 0 spiro atoms. The van der Waals surface area contributed by atoms with Gasteiger partial charge < -0.3 is 0 Å². The third-order valence-electron chi connectivity index (χ3n) is 3.07. The van der Waals surface area contributed by atoms with Crippen LogP contribution in [0.2, 0.25) is 0 Å². The van der Waals surface area contributed by atoms with Crippen molar-refractivity contribution in [1.82, 2.24) is 4.72 Å². The van der Waals surface area contributed by atoms with E-state index >= 15 is 0 Å². The van der Waals surface area contributed by atoms with Crippen LogP contribution in [-0.4, -0.2) is 15.0 Å². The van der Waals surface area contributed by atoms with Gasteiger partial charge in [-0.25, -0.2) is 17.5 Å². The molecule has 0 saturated heterocycles. The molecule has 0 fully saturated rings. The Kier molecular flexibility index (Phi) is 4.27. The number of thiophene rings is 1. The standard InChI is InChI=1S/C14H16FNO2S2/c1-14(2,11-6-3-4-7-12(11)15)10-16-20(17,18)13-8-5-9-19-13/h3-9,16H,10H2,1-2H3. The van der Waals surface area contributed by atoms with Gasteiger partial charge in [-0.15, -0.1) is 11.3 Å². The van der Waals surface area contributed by atoms with Gasteiger partial charge in [0.1, 0.15) is 10.0 Å². The number of halogens is 1. The van der Waals surface area contributed by atoms with Crippen molar-refractivity contribution in [2.24, 2.45) is 0 Å². The summed E-state index contributed by atoms with van der Waals surface area (Å²) < 4.78 is 40.7. The Hall–Kier alpha value is -1.24. The number of hydrogen-bond donors (Lipinski definition) is 1. The van der Waals surface area contributed by atoms with E-state index < -0.39 is 15.4 Å². The first kappa shape index (κ1) is 15.2. The number of rotatable bonds is 5. The predicted octanol–water partition coefficient (Wildman–Crippen LogP) is 3.14. The Morgan fingerprint density at radius 3 is 2.50 bits per heavy atom. The smallest absolute Gasteiger partial charge is 0.210 e. The minimum absolute atomic E-state index is 0.133. The van der Waals surface area contributed by atoms with Crippen molar-refractivity contribution >= 4 is 21.4 Å². The molecule has 0 aliphatic rings. The van der Waals surface area contributed by atoms with Crippen molar-refractivity contribution in [3.63, 3.8) is 0 Å². The highest BCUT2D eigenvalue weighted by atomic mass is 32.2. The van der Waals surface area contributed by atoms with Crippen molar-refractivity contribution in [3.05, 3.63) is 53.2 Å². The number of benzene rings is 1. The van der Waals surface area contributed by atoms with Crippen molar-refractivity contribution < 1.29 is 12.8 Å². The second kappa shape index (κ2) is 5.63. The van der Waals surface area contributed by atoms with Gasteiger partial charge in [0.15, 0.2) is 0 Å². The van der Waals surface area contributed by atoms with Gasteiger partial charge in [-0.3, -0.25) is 0 Å². The summed E-state index contributed by atoms with van der Waals surface area (Å²) in [6, 6.07) is 9.64. The lowest BCUT2D eigenvalue weighted by molar-refractivity contribution is 0.471. The molecular formula is C14H16FNO2S2. The molecule has 1 aromatic carbocycles. The van der Waals surface area contributed by atoms with Gasteiger partial charge in [-0.05, 0) is 23.1 Å². The third kappa shape index (κ3) is 3.26. The fourth-order valence-electron chi connectivity index (χ4n) is 1.87. The highest BCUT2D eigenvalue weighted by Gasteiger charge is 2.26. The number of hydrogen-bond acceptors (Lipinski definition) is 3. The molecule has 108 valence electrons. The maximum Gasteiger partial charge on any atom is 0.250 e. The van der Waals surface area contributed by atoms with Gasteiger partial charge in [0.05, 0.1) is 0 Å². The van der Waals surface area contributed by atoms with Crippen LogP contribution in [0.5, 0.6) is 0 Å². The van der Waals surface area contributed by atoms with Crippen LogP contribution >= 0.6 is 11.3 Å². The Bertz CT molecular complexity index is 679. The van der Waals surface area contributed by atoms with Gasteiger partial charge in [-0.1, -0.05) is 38.1 Å². The van der Waals surface area contributed by atoms with E-state index in [2.05, 4.69) is 4.72 Å². The molecule has 0 saturated carbocycles. The summed E-state index contributed by atoms with van der Waals surface area (Å²) in [5, 5.41) is 1.70. The summed E-state index contributed by atoms with van der Waals surface area (Å²) in [5.41, 5.74) is -0.135. The normalized spacial score (nSPS) is 12.6. The third-order valence-corrected chi connectivity index (χ3v) is 5.87. The SMILES string of the molecule is CC(C)(CNS(=O)(=O)c1cccs1)c1ccccc1F. The number of nitrogens with one attached hydrogen (secondary N) is 1. The van der Waals surface area contributed by atoms with Gasteiger partial charge in [0.25, 0.3) is 0 Å². The molecular weight excluding hydrogens is 297 g/mol. The average molecular weight is 313 g/mol. The lowest BCUT2D eigenvalue weighted by Gasteiger charge is -2.25. The van der Waals surface area contributed by atoms with Crippen molar-refractivity contribution in [2.45, 2.75) is 23.5 Å². The first-order valence-electron chi connectivity index (χ1n) is 6.11. The highest BCUT2D eigenvalue weighted by molar-refractivity contribution is 7.91. The summed E-state index contributed by atoms with van der Waals surface area (Å²) >= 11 is 1.15. The fourth-order valence-corrected chi connectivity index (χ4v) is 4.12. The molecule has 2 rings (SSSR count). The molecule has 0 bridgehead atoms. The van der Waals surface area contributed by atoms with Crippen molar-refractivity contribution in [1.29, 1.82) is 0 Å². The zero-order chi connectivity index (χ0) is 14.8. The van der Waals surface area contributed by atoms with E-state index in [9.17, 15) is 12.8 Å². The molecule has 2 aromatic rings. The molecule has 0 radical (unpaired) electrons. The Labute approximate surface area is 122 Å². The molecule has 6 heteroatoms. The quantitative estimate of drug-likeness (QED) is 0.922. The lowest BCUT2D eigenvalue weighted by atomic mass is 9.84. The van der Waals surface area contributed by atoms with E-state index in [1.54, 1.807) is 35.7 Å². The average Bonchev–Trinajstić information content (AvgIpc) is 2.92. The van der Waals surface area contributed by atoms with E-state index in [0.717, 1.165) is 11.3 Å². The van der Waals surface area contributed by atoms with E-state index in [4.69, 9.17) is 0 Å². The van der Waals surface area contributed by atoms with Crippen molar-refractivity contribution in [2.75, 3.05) is 6.54 Å². The van der Waals surface area contributed by atoms with Crippen LogP contribution in [0.3, 0.4) is 0 Å². The zero-order valence-corrected chi connectivity index (χ0v) is 12.9. The molecule has 0 unspecified atom stereocenters. The first-order valence-corrected chi connectivity index (χ1v) is 8.47. The maximum absolute atomic E-state index is 13.8. The number of sulfonamides is 1. The predicted molar refractivity (Wildman–Crippen MR) is 78.9 cm³/mol. The van der Waals surface area contributed by atoms with E-state index in [1.165, 1.54) is 6.07 Å². The van der Waals surface area contributed by atoms with Crippen LogP contribution in [-0.2, 0) is 15.4 Å². The first-order chi connectivity index (χ1) is 9.33. The molecule has 1 aromatic heterocycles. The molecule has 3 nitrogen and oxygen atoms in total. The van der Waals surface area contributed by atoms with Gasteiger partial charge in [0, 0.05) is 12.0 Å². The van der Waals surface area contributed by atoms with Crippen LogP contribution in [0.15, 0.2) is 46.0 Å². The molecule has 20 heavy (non-hydrogen) atoms. The summed E-state index contributed by atoms with van der Waals surface area (Å²) in [6.45, 7) is 3.75. The highest BCUT2D eigenvalue weighted by Crippen LogP contribution is 2.26. The topological polar surface area (TPSA) is 46.2 Å². The van der Waals surface area contributed by atoms with Crippen LogP contribution in [0.4, 0.5) is 4.39 Å². The van der Waals surface area contributed by atoms with E-state index in [0.29, 0.717) is 5.56 Å². The van der Waals surface area contributed by atoms with Crippen LogP contribution in [0.1, 0.15) is 19.4 Å². The lowest BCUT2D eigenvalue weighted by Crippen LogP contribution is -2.37. The Morgan fingerprint density at radius 2 is 1.90 bits per heavy atom. The zero-order valence-electron chi connectivity index (χ0n) is 11.3. The van der Waals surface area contributed by atoms with E-state index in [1.807, 2.05) is 13.8 Å². The Morgan fingerprint density at radius 1 is 1.20 bits per heavy atom. The monoisotopic (exact) mass is 313 g/mol. The van der Waals surface area contributed by atoms with Gasteiger partial charge in [0.2, 0.25) is 10.0 Å². The molecule has 0 amide bonds. The Balaban J connectivity index is 2.16. The minimum atomic E-state index is -3.52. The molecule has 0 aliphatic heterocycles. The summed E-state index contributed by atoms with van der Waals surface area (Å²) in [4.78, 5) is 0. The fraction of sp³-hybridized carbons (Fsp3) is 0.286. The molecule has 1 N–H and O–H groups in total. The van der Waals surface area contributed by atoms with E-state index in [-0.39, 0.29) is 16.6 Å². The minimum Gasteiger partial charge on any atom is -0.210 e. The maximum atomic E-state index is 13.8. The van der Waals surface area contributed by atoms with Crippen LogP contribution < -0.4 is 4.72 Å².